The van der Waals surface area contributed by atoms with E-state index in [0.717, 1.165) is 12.4 Å². The minimum atomic E-state index is 0.552. The molecule has 0 aromatic heterocycles. The average molecular weight is 331 g/mol. The highest BCUT2D eigenvalue weighted by Crippen LogP contribution is 2.39. The summed E-state index contributed by atoms with van der Waals surface area (Å²) >= 11 is 0. The Hall–Kier alpha value is -1.02. The van der Waals surface area contributed by atoms with Crippen LogP contribution in [-0.4, -0.2) is 18.8 Å². The first-order valence-electron chi connectivity index (χ1n) is 10.2. The molecule has 2 fully saturated rings. The van der Waals surface area contributed by atoms with Crippen LogP contribution in [-0.2, 0) is 11.2 Å². The standard InChI is InChI=1S/C22H34O2/c1-2-3-4-5-6-7-8-9-18-10-13-20(14-11-18)23-17-19-12-15-21-22(16-19)24-21/h10-11,13-14,19,21-22H,2-9,12,15-17H2,1H3. The fraction of sp³-hybridized carbons (Fsp3) is 0.727. The van der Waals surface area contributed by atoms with Gasteiger partial charge in [0.05, 0.1) is 18.8 Å². The van der Waals surface area contributed by atoms with E-state index in [1.54, 1.807) is 0 Å². The molecule has 134 valence electrons. The molecule has 1 aliphatic heterocycles. The van der Waals surface area contributed by atoms with Gasteiger partial charge < -0.3 is 9.47 Å². The lowest BCUT2D eigenvalue weighted by molar-refractivity contribution is 0.217. The Kier molecular flexibility index (Phi) is 7.01. The summed E-state index contributed by atoms with van der Waals surface area (Å²) in [5.41, 5.74) is 1.45. The Balaban J connectivity index is 1.27. The van der Waals surface area contributed by atoms with Crippen molar-refractivity contribution in [3.63, 3.8) is 0 Å². The maximum Gasteiger partial charge on any atom is 0.119 e. The van der Waals surface area contributed by atoms with Crippen molar-refractivity contribution in [1.82, 2.24) is 0 Å². The third-order valence-electron chi connectivity index (χ3n) is 5.59. The molecule has 1 aromatic rings. The predicted octanol–water partition coefficient (Wildman–Crippen LogP) is 5.93. The van der Waals surface area contributed by atoms with Gasteiger partial charge in [0, 0.05) is 0 Å². The SMILES string of the molecule is CCCCCCCCCc1ccc(OCC2CCC3OC3C2)cc1. The maximum atomic E-state index is 5.99. The quantitative estimate of drug-likeness (QED) is 0.371. The molecule has 3 atom stereocenters. The number of ether oxygens (including phenoxy) is 2. The molecule has 1 saturated carbocycles. The summed E-state index contributed by atoms with van der Waals surface area (Å²) in [5, 5.41) is 0. The summed E-state index contributed by atoms with van der Waals surface area (Å²) in [5.74, 6) is 1.71. The van der Waals surface area contributed by atoms with Crippen molar-refractivity contribution in [2.75, 3.05) is 6.61 Å². The third kappa shape index (κ3) is 5.81. The molecule has 2 heteroatoms. The van der Waals surface area contributed by atoms with Crippen LogP contribution >= 0.6 is 0 Å². The number of unbranched alkanes of at least 4 members (excludes halogenated alkanes) is 6. The lowest BCUT2D eigenvalue weighted by Gasteiger charge is -2.19. The second-order valence-corrected chi connectivity index (χ2v) is 7.72. The normalized spacial score (nSPS) is 25.3. The molecule has 0 radical (unpaired) electrons. The number of aryl methyl sites for hydroxylation is 1. The zero-order valence-corrected chi connectivity index (χ0v) is 15.3. The highest BCUT2D eigenvalue weighted by molar-refractivity contribution is 5.27. The second-order valence-electron chi connectivity index (χ2n) is 7.72. The van der Waals surface area contributed by atoms with Crippen LogP contribution in [0.15, 0.2) is 24.3 Å². The number of epoxide rings is 1. The number of fused-ring (bicyclic) bond motifs is 1. The van der Waals surface area contributed by atoms with Crippen molar-refractivity contribution in [2.24, 2.45) is 5.92 Å². The van der Waals surface area contributed by atoms with Gasteiger partial charge in [-0.3, -0.25) is 0 Å². The largest absolute Gasteiger partial charge is 0.493 e. The lowest BCUT2D eigenvalue weighted by Crippen LogP contribution is -2.19. The minimum absolute atomic E-state index is 0.552. The predicted molar refractivity (Wildman–Crippen MR) is 99.6 cm³/mol. The van der Waals surface area contributed by atoms with Crippen molar-refractivity contribution in [3.05, 3.63) is 29.8 Å². The minimum Gasteiger partial charge on any atom is -0.493 e. The molecule has 1 saturated heterocycles. The first kappa shape index (κ1) is 17.8. The van der Waals surface area contributed by atoms with Crippen LogP contribution in [0.3, 0.4) is 0 Å². The van der Waals surface area contributed by atoms with Crippen LogP contribution in [0.1, 0.15) is 76.7 Å². The van der Waals surface area contributed by atoms with Crippen molar-refractivity contribution in [2.45, 2.75) is 89.8 Å². The summed E-state index contributed by atoms with van der Waals surface area (Å²) in [4.78, 5) is 0. The van der Waals surface area contributed by atoms with Gasteiger partial charge >= 0.3 is 0 Å². The fourth-order valence-electron chi connectivity index (χ4n) is 3.89. The van der Waals surface area contributed by atoms with Gasteiger partial charge in [0.2, 0.25) is 0 Å². The van der Waals surface area contributed by atoms with E-state index in [9.17, 15) is 0 Å². The smallest absolute Gasteiger partial charge is 0.119 e. The number of rotatable bonds is 11. The summed E-state index contributed by atoms with van der Waals surface area (Å²) in [7, 11) is 0. The van der Waals surface area contributed by atoms with E-state index in [-0.39, 0.29) is 0 Å². The van der Waals surface area contributed by atoms with E-state index in [2.05, 4.69) is 31.2 Å². The molecule has 0 spiro atoms. The van der Waals surface area contributed by atoms with Gasteiger partial charge in [0.25, 0.3) is 0 Å². The molecule has 3 rings (SSSR count). The molecule has 2 nitrogen and oxygen atoms in total. The van der Waals surface area contributed by atoms with E-state index in [0.29, 0.717) is 18.1 Å². The molecule has 0 amide bonds. The van der Waals surface area contributed by atoms with E-state index in [4.69, 9.17) is 9.47 Å². The molecule has 1 aromatic carbocycles. The second kappa shape index (κ2) is 9.46. The first-order chi connectivity index (χ1) is 11.8. The molecular formula is C22H34O2. The first-order valence-corrected chi connectivity index (χ1v) is 10.2. The molecular weight excluding hydrogens is 296 g/mol. The fourth-order valence-corrected chi connectivity index (χ4v) is 3.89. The van der Waals surface area contributed by atoms with Crippen molar-refractivity contribution in [3.8, 4) is 5.75 Å². The summed E-state index contributed by atoms with van der Waals surface area (Å²) in [6.45, 7) is 3.13. The summed E-state index contributed by atoms with van der Waals surface area (Å²) < 4.78 is 11.6. The van der Waals surface area contributed by atoms with Gasteiger partial charge in [-0.05, 0) is 55.7 Å². The Bertz CT molecular complexity index is 467. The van der Waals surface area contributed by atoms with Gasteiger partial charge in [0.1, 0.15) is 5.75 Å². The number of benzene rings is 1. The van der Waals surface area contributed by atoms with Crippen molar-refractivity contribution < 1.29 is 9.47 Å². The summed E-state index contributed by atoms with van der Waals surface area (Å²) in [6.07, 6.45) is 15.7. The number of hydrogen-bond donors (Lipinski definition) is 0. The van der Waals surface area contributed by atoms with E-state index in [1.165, 1.54) is 76.2 Å². The van der Waals surface area contributed by atoms with Gasteiger partial charge in [-0.15, -0.1) is 0 Å². The van der Waals surface area contributed by atoms with Crippen LogP contribution in [0.5, 0.6) is 5.75 Å². The monoisotopic (exact) mass is 330 g/mol. The molecule has 2 aliphatic rings. The van der Waals surface area contributed by atoms with Gasteiger partial charge in [-0.25, -0.2) is 0 Å². The zero-order chi connectivity index (χ0) is 16.6. The van der Waals surface area contributed by atoms with Crippen LogP contribution in [0.4, 0.5) is 0 Å². The molecule has 1 aliphatic carbocycles. The van der Waals surface area contributed by atoms with Gasteiger partial charge in [-0.1, -0.05) is 57.6 Å². The molecule has 0 bridgehead atoms. The van der Waals surface area contributed by atoms with E-state index >= 15 is 0 Å². The molecule has 3 unspecified atom stereocenters. The summed E-state index contributed by atoms with van der Waals surface area (Å²) in [6, 6.07) is 8.78. The molecule has 1 heterocycles. The van der Waals surface area contributed by atoms with Crippen LogP contribution in [0.25, 0.3) is 0 Å². The lowest BCUT2D eigenvalue weighted by atomic mass is 9.90. The number of hydrogen-bond acceptors (Lipinski definition) is 2. The molecule has 0 N–H and O–H groups in total. The Morgan fingerprint density at radius 3 is 2.42 bits per heavy atom. The highest BCUT2D eigenvalue weighted by Gasteiger charge is 2.43. The van der Waals surface area contributed by atoms with Crippen molar-refractivity contribution in [1.29, 1.82) is 0 Å². The van der Waals surface area contributed by atoms with E-state index in [1.807, 2.05) is 0 Å². The van der Waals surface area contributed by atoms with Gasteiger partial charge in [0.15, 0.2) is 0 Å². The van der Waals surface area contributed by atoms with Crippen LogP contribution in [0.2, 0.25) is 0 Å². The van der Waals surface area contributed by atoms with E-state index < -0.39 is 0 Å². The van der Waals surface area contributed by atoms with Crippen LogP contribution in [0, 0.1) is 5.92 Å². The van der Waals surface area contributed by atoms with Crippen molar-refractivity contribution >= 4 is 0 Å². The molecule has 24 heavy (non-hydrogen) atoms. The Morgan fingerprint density at radius 1 is 0.917 bits per heavy atom. The van der Waals surface area contributed by atoms with Crippen LogP contribution < -0.4 is 4.74 Å². The van der Waals surface area contributed by atoms with Gasteiger partial charge in [-0.2, -0.15) is 0 Å². The zero-order valence-electron chi connectivity index (χ0n) is 15.3. The third-order valence-corrected chi connectivity index (χ3v) is 5.59. The Labute approximate surface area is 147 Å². The topological polar surface area (TPSA) is 21.8 Å². The highest BCUT2D eigenvalue weighted by atomic mass is 16.6. The maximum absolute atomic E-state index is 5.99. The Morgan fingerprint density at radius 2 is 1.67 bits per heavy atom. The average Bonchev–Trinajstić information content (AvgIpc) is 3.39.